The minimum atomic E-state index is -4.31. The number of nitrogens with zero attached hydrogens (tertiary/aromatic N) is 3. The average molecular weight is 276 g/mol. The van der Waals surface area contributed by atoms with Crippen molar-refractivity contribution in [3.05, 3.63) is 27.8 Å². The van der Waals surface area contributed by atoms with Gasteiger partial charge in [0, 0.05) is 6.42 Å². The molecule has 0 atom stereocenters. The first-order chi connectivity index (χ1) is 8.79. The summed E-state index contributed by atoms with van der Waals surface area (Å²) in [5.74, 6) is 0.339. The van der Waals surface area contributed by atoms with Gasteiger partial charge in [0.1, 0.15) is 17.2 Å². The minimum absolute atomic E-state index is 0.00303. The highest BCUT2D eigenvalue weighted by atomic mass is 19.4. The van der Waals surface area contributed by atoms with Crippen LogP contribution in [-0.2, 0) is 6.42 Å². The summed E-state index contributed by atoms with van der Waals surface area (Å²) in [5, 5.41) is 9.41. The third-order valence-corrected chi connectivity index (χ3v) is 2.59. The molecular formula is C10H11F3N4O2. The number of halogens is 3. The molecule has 0 bridgehead atoms. The summed E-state index contributed by atoms with van der Waals surface area (Å²) in [7, 11) is 0. The summed E-state index contributed by atoms with van der Waals surface area (Å²) in [6.45, 7) is 3.17. The lowest BCUT2D eigenvalue weighted by atomic mass is 10.2. The first-order valence-electron chi connectivity index (χ1n) is 5.46. The van der Waals surface area contributed by atoms with Crippen LogP contribution in [0.3, 0.4) is 0 Å². The van der Waals surface area contributed by atoms with Crippen molar-refractivity contribution in [1.29, 1.82) is 0 Å². The quantitative estimate of drug-likeness (QED) is 0.924. The second-order valence-electron chi connectivity index (χ2n) is 4.07. The molecule has 0 amide bonds. The van der Waals surface area contributed by atoms with E-state index in [-0.39, 0.29) is 5.82 Å². The molecule has 2 aromatic heterocycles. The van der Waals surface area contributed by atoms with E-state index in [4.69, 9.17) is 4.52 Å². The Morgan fingerprint density at radius 2 is 2.05 bits per heavy atom. The van der Waals surface area contributed by atoms with Gasteiger partial charge in [0.25, 0.3) is 0 Å². The Kier molecular flexibility index (Phi) is 3.21. The van der Waals surface area contributed by atoms with Gasteiger partial charge in [0.2, 0.25) is 0 Å². The number of alkyl halides is 3. The van der Waals surface area contributed by atoms with Crippen molar-refractivity contribution >= 4 is 0 Å². The fraction of sp³-hybridized carbons (Fsp3) is 0.500. The topological polar surface area (TPSA) is 76.7 Å². The van der Waals surface area contributed by atoms with Crippen molar-refractivity contribution < 1.29 is 17.7 Å². The van der Waals surface area contributed by atoms with Gasteiger partial charge >= 0.3 is 11.9 Å². The molecule has 19 heavy (non-hydrogen) atoms. The molecule has 2 aromatic rings. The van der Waals surface area contributed by atoms with Crippen LogP contribution < -0.4 is 5.69 Å². The molecule has 2 rings (SSSR count). The van der Waals surface area contributed by atoms with Crippen molar-refractivity contribution in [2.75, 3.05) is 0 Å². The Hall–Kier alpha value is -2.06. The normalized spacial score (nSPS) is 12.1. The van der Waals surface area contributed by atoms with Crippen LogP contribution in [0.5, 0.6) is 0 Å². The predicted octanol–water partition coefficient (Wildman–Crippen LogP) is 1.66. The van der Waals surface area contributed by atoms with Gasteiger partial charge in [0.15, 0.2) is 5.76 Å². The lowest BCUT2D eigenvalue weighted by molar-refractivity contribution is -0.134. The van der Waals surface area contributed by atoms with E-state index in [1.807, 2.05) is 0 Å². The number of rotatable bonds is 3. The molecule has 6 nitrogen and oxygen atoms in total. The summed E-state index contributed by atoms with van der Waals surface area (Å²) in [4.78, 5) is 11.7. The first-order valence-corrected chi connectivity index (χ1v) is 5.46. The Morgan fingerprint density at radius 3 is 2.58 bits per heavy atom. The van der Waals surface area contributed by atoms with E-state index in [2.05, 4.69) is 15.4 Å². The zero-order chi connectivity index (χ0) is 14.2. The van der Waals surface area contributed by atoms with Crippen LogP contribution in [0.2, 0.25) is 0 Å². The third-order valence-electron chi connectivity index (χ3n) is 2.59. The van der Waals surface area contributed by atoms with E-state index < -0.39 is 24.7 Å². The second-order valence-corrected chi connectivity index (χ2v) is 4.07. The van der Waals surface area contributed by atoms with Crippen molar-refractivity contribution in [1.82, 2.24) is 19.9 Å². The Labute approximate surface area is 105 Å². The van der Waals surface area contributed by atoms with Crippen LogP contribution in [0.4, 0.5) is 13.2 Å². The largest absolute Gasteiger partial charge is 0.389 e. The summed E-state index contributed by atoms with van der Waals surface area (Å²) < 4.78 is 42.6. The molecular weight excluding hydrogens is 265 g/mol. The smallest absolute Gasteiger partial charge is 0.359 e. The molecule has 0 saturated heterocycles. The number of aromatic nitrogens is 4. The van der Waals surface area contributed by atoms with Gasteiger partial charge in [-0.25, -0.2) is 14.5 Å². The SMILES string of the molecule is Cc1noc(C)c1-n1c(CCC(F)(F)F)n[nH]c1=O. The van der Waals surface area contributed by atoms with E-state index in [9.17, 15) is 18.0 Å². The molecule has 0 spiro atoms. The molecule has 0 aliphatic carbocycles. The first kappa shape index (κ1) is 13.4. The third kappa shape index (κ3) is 2.69. The molecule has 1 N–H and O–H groups in total. The van der Waals surface area contributed by atoms with E-state index in [0.29, 0.717) is 17.1 Å². The number of hydrogen-bond acceptors (Lipinski definition) is 4. The van der Waals surface area contributed by atoms with Crippen molar-refractivity contribution in [3.63, 3.8) is 0 Å². The van der Waals surface area contributed by atoms with Crippen molar-refractivity contribution in [2.45, 2.75) is 32.9 Å². The van der Waals surface area contributed by atoms with Gasteiger partial charge < -0.3 is 4.52 Å². The number of hydrogen-bond donors (Lipinski definition) is 1. The molecule has 0 aliphatic rings. The van der Waals surface area contributed by atoms with Gasteiger partial charge in [-0.3, -0.25) is 0 Å². The molecule has 0 saturated carbocycles. The Bertz CT molecular complexity index is 618. The molecule has 0 fully saturated rings. The molecule has 0 unspecified atom stereocenters. The van der Waals surface area contributed by atoms with Gasteiger partial charge in [-0.1, -0.05) is 5.16 Å². The van der Waals surface area contributed by atoms with Crippen molar-refractivity contribution in [3.8, 4) is 5.69 Å². The lowest BCUT2D eigenvalue weighted by Crippen LogP contribution is -2.19. The molecule has 104 valence electrons. The van der Waals surface area contributed by atoms with Crippen LogP contribution in [0.1, 0.15) is 23.7 Å². The van der Waals surface area contributed by atoms with E-state index in [1.54, 1.807) is 13.8 Å². The Morgan fingerprint density at radius 1 is 1.37 bits per heavy atom. The fourth-order valence-electron chi connectivity index (χ4n) is 1.78. The number of H-pyrrole nitrogens is 1. The minimum Gasteiger partial charge on any atom is -0.359 e. The summed E-state index contributed by atoms with van der Waals surface area (Å²) in [6.07, 6.45) is -5.76. The number of aromatic amines is 1. The highest BCUT2D eigenvalue weighted by molar-refractivity contribution is 5.39. The predicted molar refractivity (Wildman–Crippen MR) is 58.1 cm³/mol. The molecule has 0 radical (unpaired) electrons. The van der Waals surface area contributed by atoms with Crippen LogP contribution in [-0.4, -0.2) is 26.1 Å². The monoisotopic (exact) mass is 276 g/mol. The van der Waals surface area contributed by atoms with E-state index in [0.717, 1.165) is 4.57 Å². The van der Waals surface area contributed by atoms with Crippen LogP contribution in [0, 0.1) is 13.8 Å². The van der Waals surface area contributed by atoms with E-state index in [1.165, 1.54) is 0 Å². The molecule has 0 aliphatic heterocycles. The summed E-state index contributed by atoms with van der Waals surface area (Å²) in [5.41, 5.74) is 0.122. The van der Waals surface area contributed by atoms with Crippen LogP contribution in [0.25, 0.3) is 5.69 Å². The maximum Gasteiger partial charge on any atom is 0.389 e. The van der Waals surface area contributed by atoms with Gasteiger partial charge in [-0.05, 0) is 13.8 Å². The number of nitrogens with one attached hydrogen (secondary N) is 1. The second kappa shape index (κ2) is 4.56. The zero-order valence-corrected chi connectivity index (χ0v) is 10.2. The van der Waals surface area contributed by atoms with Gasteiger partial charge in [-0.2, -0.15) is 18.3 Å². The average Bonchev–Trinajstić information content (AvgIpc) is 2.80. The summed E-state index contributed by atoms with van der Waals surface area (Å²) >= 11 is 0. The van der Waals surface area contributed by atoms with Crippen LogP contribution >= 0.6 is 0 Å². The van der Waals surface area contributed by atoms with Gasteiger partial charge in [0.05, 0.1) is 6.42 Å². The molecule has 2 heterocycles. The summed E-state index contributed by atoms with van der Waals surface area (Å²) in [6, 6.07) is 0. The number of aryl methyl sites for hydroxylation is 3. The highest BCUT2D eigenvalue weighted by Gasteiger charge is 2.28. The highest BCUT2D eigenvalue weighted by Crippen LogP contribution is 2.23. The lowest BCUT2D eigenvalue weighted by Gasteiger charge is -2.07. The molecule has 0 aromatic carbocycles. The fourth-order valence-corrected chi connectivity index (χ4v) is 1.78. The van der Waals surface area contributed by atoms with Crippen LogP contribution in [0.15, 0.2) is 9.32 Å². The van der Waals surface area contributed by atoms with E-state index >= 15 is 0 Å². The molecule has 9 heteroatoms. The maximum absolute atomic E-state index is 12.2. The van der Waals surface area contributed by atoms with Gasteiger partial charge in [-0.15, -0.1) is 0 Å². The Balaban J connectivity index is 2.42. The zero-order valence-electron chi connectivity index (χ0n) is 10.2. The maximum atomic E-state index is 12.2. The standard InChI is InChI=1S/C10H11F3N4O2/c1-5-8(6(2)19-16-5)17-7(14-15-9(17)18)3-4-10(11,12)13/h3-4H2,1-2H3,(H,15,18). The van der Waals surface area contributed by atoms with Crippen molar-refractivity contribution in [2.24, 2.45) is 0 Å².